The van der Waals surface area contributed by atoms with E-state index in [0.29, 0.717) is 19.3 Å². The molecule has 156 valence electrons. The first kappa shape index (κ1) is 21.6. The van der Waals surface area contributed by atoms with Crippen LogP contribution in [0.2, 0.25) is 0 Å². The summed E-state index contributed by atoms with van der Waals surface area (Å²) in [4.78, 5) is 0. The maximum atomic E-state index is 14.0. The SMILES string of the molecule is CCC/C(F)=C(\F)c1ccc(CCc2ccc(C3CCC(F)(F)CC3)cc2)cc1. The van der Waals surface area contributed by atoms with Crippen molar-refractivity contribution in [2.45, 2.75) is 70.1 Å². The number of allylic oxidation sites excluding steroid dienone is 1. The summed E-state index contributed by atoms with van der Waals surface area (Å²) in [5, 5.41) is 0. The molecule has 4 heteroatoms. The maximum Gasteiger partial charge on any atom is 0.248 e. The number of hydrogen-bond donors (Lipinski definition) is 0. The van der Waals surface area contributed by atoms with Crippen LogP contribution in [-0.4, -0.2) is 5.92 Å². The molecule has 1 saturated carbocycles. The molecule has 2 aromatic rings. The number of rotatable bonds is 7. The molecular formula is C25H28F4. The molecular weight excluding hydrogens is 376 g/mol. The first-order valence-corrected chi connectivity index (χ1v) is 10.5. The lowest BCUT2D eigenvalue weighted by molar-refractivity contribution is -0.0382. The highest BCUT2D eigenvalue weighted by Crippen LogP contribution is 2.40. The van der Waals surface area contributed by atoms with Crippen molar-refractivity contribution in [3.8, 4) is 0 Å². The zero-order valence-electron chi connectivity index (χ0n) is 16.9. The molecule has 2 aromatic carbocycles. The van der Waals surface area contributed by atoms with Crippen LogP contribution in [0.3, 0.4) is 0 Å². The molecule has 1 fully saturated rings. The standard InChI is InChI=1S/C25H28F4/c1-2-3-23(26)24(27)22-12-8-19(9-13-22)5-4-18-6-10-20(11-7-18)21-14-16-25(28,29)17-15-21/h6-13,21H,2-5,14-17H2,1H3/b24-23+. The van der Waals surface area contributed by atoms with E-state index in [1.807, 2.05) is 19.1 Å². The number of alkyl halides is 2. The smallest absolute Gasteiger partial charge is 0.209 e. The van der Waals surface area contributed by atoms with Crippen LogP contribution in [-0.2, 0) is 12.8 Å². The Kier molecular flexibility index (Phi) is 7.15. The summed E-state index contributed by atoms with van der Waals surface area (Å²) in [6, 6.07) is 15.2. The largest absolute Gasteiger partial charge is 0.248 e. The molecule has 0 nitrogen and oxygen atoms in total. The van der Waals surface area contributed by atoms with Gasteiger partial charge in [0.15, 0.2) is 5.83 Å². The summed E-state index contributed by atoms with van der Waals surface area (Å²) in [5.41, 5.74) is 3.67. The highest BCUT2D eigenvalue weighted by atomic mass is 19.3. The van der Waals surface area contributed by atoms with Gasteiger partial charge in [0.2, 0.25) is 5.92 Å². The zero-order valence-corrected chi connectivity index (χ0v) is 16.9. The number of benzene rings is 2. The molecule has 3 rings (SSSR count). The van der Waals surface area contributed by atoms with Gasteiger partial charge in [0.25, 0.3) is 0 Å². The molecule has 1 aliphatic carbocycles. The third-order valence-electron chi connectivity index (χ3n) is 5.79. The van der Waals surface area contributed by atoms with Gasteiger partial charge in [-0.25, -0.2) is 17.6 Å². The molecule has 0 aromatic heterocycles. The number of hydrogen-bond acceptors (Lipinski definition) is 0. The van der Waals surface area contributed by atoms with Crippen LogP contribution in [0.25, 0.3) is 5.83 Å². The van der Waals surface area contributed by atoms with E-state index in [2.05, 4.69) is 24.3 Å². The average molecular weight is 404 g/mol. The van der Waals surface area contributed by atoms with Crippen LogP contribution in [0.15, 0.2) is 54.4 Å². The van der Waals surface area contributed by atoms with Crippen LogP contribution in [0.5, 0.6) is 0 Å². The van der Waals surface area contributed by atoms with E-state index >= 15 is 0 Å². The van der Waals surface area contributed by atoms with E-state index in [1.54, 1.807) is 12.1 Å². The van der Waals surface area contributed by atoms with Gasteiger partial charge >= 0.3 is 0 Å². The normalized spacial score (nSPS) is 17.8. The fourth-order valence-corrected chi connectivity index (χ4v) is 3.92. The van der Waals surface area contributed by atoms with Gasteiger partial charge in [-0.2, -0.15) is 0 Å². The van der Waals surface area contributed by atoms with Gasteiger partial charge in [0.1, 0.15) is 5.83 Å². The van der Waals surface area contributed by atoms with Crippen molar-refractivity contribution in [2.75, 3.05) is 0 Å². The molecule has 0 bridgehead atoms. The van der Waals surface area contributed by atoms with Crippen molar-refractivity contribution < 1.29 is 17.6 Å². The third-order valence-corrected chi connectivity index (χ3v) is 5.79. The van der Waals surface area contributed by atoms with Crippen molar-refractivity contribution in [1.29, 1.82) is 0 Å². The zero-order chi connectivity index (χ0) is 20.9. The van der Waals surface area contributed by atoms with E-state index in [9.17, 15) is 17.6 Å². The van der Waals surface area contributed by atoms with Crippen molar-refractivity contribution in [3.63, 3.8) is 0 Å². The van der Waals surface area contributed by atoms with E-state index in [4.69, 9.17) is 0 Å². The number of halogens is 4. The summed E-state index contributed by atoms with van der Waals surface area (Å²) in [6.07, 6.45) is 3.38. The second-order valence-corrected chi connectivity index (χ2v) is 8.04. The summed E-state index contributed by atoms with van der Waals surface area (Å²) >= 11 is 0. The fraction of sp³-hybridized carbons (Fsp3) is 0.440. The van der Waals surface area contributed by atoms with Gasteiger partial charge < -0.3 is 0 Å². The Morgan fingerprint density at radius 1 is 0.862 bits per heavy atom. The molecule has 0 amide bonds. The predicted octanol–water partition coefficient (Wildman–Crippen LogP) is 8.17. The molecule has 0 N–H and O–H groups in total. The minimum atomic E-state index is -2.49. The Morgan fingerprint density at radius 3 is 1.90 bits per heavy atom. The van der Waals surface area contributed by atoms with Crippen molar-refractivity contribution in [2.24, 2.45) is 0 Å². The van der Waals surface area contributed by atoms with Crippen molar-refractivity contribution in [1.82, 2.24) is 0 Å². The molecule has 0 unspecified atom stereocenters. The van der Waals surface area contributed by atoms with Gasteiger partial charge in [0.05, 0.1) is 0 Å². The molecule has 0 spiro atoms. The first-order chi connectivity index (χ1) is 13.9. The van der Waals surface area contributed by atoms with Crippen LogP contribution < -0.4 is 0 Å². The van der Waals surface area contributed by atoms with Crippen LogP contribution in [0.1, 0.15) is 73.6 Å². The molecule has 0 aliphatic heterocycles. The lowest BCUT2D eigenvalue weighted by Gasteiger charge is -2.28. The summed E-state index contributed by atoms with van der Waals surface area (Å²) < 4.78 is 54.3. The van der Waals surface area contributed by atoms with Gasteiger partial charge in [-0.1, -0.05) is 55.5 Å². The molecule has 0 radical (unpaired) electrons. The quantitative estimate of drug-likeness (QED) is 0.408. The Labute approximate surface area is 170 Å². The summed E-state index contributed by atoms with van der Waals surface area (Å²) in [6.45, 7) is 1.82. The molecule has 0 heterocycles. The van der Waals surface area contributed by atoms with Crippen molar-refractivity contribution in [3.05, 3.63) is 76.6 Å². The van der Waals surface area contributed by atoms with E-state index in [1.165, 1.54) is 5.56 Å². The predicted molar refractivity (Wildman–Crippen MR) is 110 cm³/mol. The first-order valence-electron chi connectivity index (χ1n) is 10.5. The van der Waals surface area contributed by atoms with Crippen LogP contribution in [0, 0.1) is 0 Å². The van der Waals surface area contributed by atoms with E-state index < -0.39 is 17.6 Å². The second kappa shape index (κ2) is 9.60. The molecule has 0 saturated heterocycles. The summed E-state index contributed by atoms with van der Waals surface area (Å²) in [5.74, 6) is -3.73. The van der Waals surface area contributed by atoms with Gasteiger partial charge in [-0.3, -0.25) is 0 Å². The number of aryl methyl sites for hydroxylation is 2. The highest BCUT2D eigenvalue weighted by molar-refractivity contribution is 5.61. The van der Waals surface area contributed by atoms with Crippen LogP contribution in [0.4, 0.5) is 17.6 Å². The highest BCUT2D eigenvalue weighted by Gasteiger charge is 2.35. The maximum absolute atomic E-state index is 14.0. The van der Waals surface area contributed by atoms with Gasteiger partial charge in [0, 0.05) is 24.8 Å². The Balaban J connectivity index is 1.54. The minimum absolute atomic E-state index is 0.0203. The lowest BCUT2D eigenvalue weighted by Crippen LogP contribution is -2.23. The molecule has 1 aliphatic rings. The molecule has 0 atom stereocenters. The van der Waals surface area contributed by atoms with Gasteiger partial charge in [-0.05, 0) is 54.7 Å². The Bertz CT molecular complexity index is 809. The van der Waals surface area contributed by atoms with Crippen molar-refractivity contribution >= 4 is 5.83 Å². The topological polar surface area (TPSA) is 0 Å². The van der Waals surface area contributed by atoms with Gasteiger partial charge in [-0.15, -0.1) is 0 Å². The Morgan fingerprint density at radius 2 is 1.38 bits per heavy atom. The Hall–Kier alpha value is -2.10. The van der Waals surface area contributed by atoms with E-state index in [-0.39, 0.29) is 30.7 Å². The minimum Gasteiger partial charge on any atom is -0.209 e. The molecule has 29 heavy (non-hydrogen) atoms. The third kappa shape index (κ3) is 5.94. The fourth-order valence-electron chi connectivity index (χ4n) is 3.92. The monoisotopic (exact) mass is 404 g/mol. The lowest BCUT2D eigenvalue weighted by atomic mass is 9.82. The second-order valence-electron chi connectivity index (χ2n) is 8.04. The van der Waals surface area contributed by atoms with E-state index in [0.717, 1.165) is 24.0 Å². The van der Waals surface area contributed by atoms with Crippen LogP contribution >= 0.6 is 0 Å². The average Bonchev–Trinajstić information content (AvgIpc) is 2.73. The summed E-state index contributed by atoms with van der Waals surface area (Å²) in [7, 11) is 0.